The van der Waals surface area contributed by atoms with Crippen LogP contribution in [0.3, 0.4) is 0 Å². The molecule has 0 aromatic rings. The summed E-state index contributed by atoms with van der Waals surface area (Å²) in [7, 11) is -3.28. The van der Waals surface area contributed by atoms with Crippen molar-refractivity contribution in [1.29, 1.82) is 0 Å². The summed E-state index contributed by atoms with van der Waals surface area (Å²) in [5.74, 6) is -0.503. The summed E-state index contributed by atoms with van der Waals surface area (Å²) in [6, 6.07) is 0. The highest BCUT2D eigenvalue weighted by Gasteiger charge is 2.27. The molecule has 82 valence electrons. The number of nitrogens with two attached hydrogens (primary N) is 1. The maximum Gasteiger partial charge on any atom is 0.218 e. The van der Waals surface area contributed by atoms with Gasteiger partial charge in [-0.15, -0.1) is 0 Å². The average Bonchev–Trinajstić information content (AvgIpc) is 2.54. The standard InChI is InChI=1S/C7H15N3O3S/c8-7(11)2-4-10-14(12,13)6-1-3-9-5-6/h6,9-10H,1-5H2,(H2,8,11). The molecule has 1 amide bonds. The first-order valence-corrected chi connectivity index (χ1v) is 6.04. The number of nitrogens with one attached hydrogen (secondary N) is 2. The Morgan fingerprint density at radius 1 is 1.57 bits per heavy atom. The van der Waals surface area contributed by atoms with Gasteiger partial charge < -0.3 is 11.1 Å². The van der Waals surface area contributed by atoms with Crippen molar-refractivity contribution in [3.05, 3.63) is 0 Å². The fraction of sp³-hybridized carbons (Fsp3) is 0.857. The molecule has 0 spiro atoms. The van der Waals surface area contributed by atoms with Crippen LogP contribution in [0.5, 0.6) is 0 Å². The lowest BCUT2D eigenvalue weighted by Crippen LogP contribution is -2.37. The second-order valence-corrected chi connectivity index (χ2v) is 5.32. The molecule has 1 aliphatic heterocycles. The van der Waals surface area contributed by atoms with Crippen molar-refractivity contribution in [3.8, 4) is 0 Å². The monoisotopic (exact) mass is 221 g/mol. The van der Waals surface area contributed by atoms with Crippen LogP contribution in [0, 0.1) is 0 Å². The van der Waals surface area contributed by atoms with Crippen LogP contribution in [0.2, 0.25) is 0 Å². The smallest absolute Gasteiger partial charge is 0.218 e. The molecule has 0 aromatic heterocycles. The number of hydrogen-bond donors (Lipinski definition) is 3. The molecule has 0 aromatic carbocycles. The van der Waals surface area contributed by atoms with Crippen molar-refractivity contribution in [3.63, 3.8) is 0 Å². The number of carbonyl (C=O) groups excluding carboxylic acids is 1. The van der Waals surface area contributed by atoms with Crippen LogP contribution >= 0.6 is 0 Å². The largest absolute Gasteiger partial charge is 0.370 e. The summed E-state index contributed by atoms with van der Waals surface area (Å²) in [5, 5.41) is 2.59. The van der Waals surface area contributed by atoms with Crippen LogP contribution in [0.4, 0.5) is 0 Å². The SMILES string of the molecule is NC(=O)CCNS(=O)(=O)C1CCNC1. The van der Waals surface area contributed by atoms with E-state index in [0.717, 1.165) is 6.54 Å². The Hall–Kier alpha value is -0.660. The zero-order chi connectivity index (χ0) is 10.6. The molecule has 1 fully saturated rings. The molecule has 1 aliphatic rings. The quantitative estimate of drug-likeness (QED) is 0.507. The van der Waals surface area contributed by atoms with E-state index in [9.17, 15) is 13.2 Å². The second kappa shape index (κ2) is 4.72. The normalized spacial score (nSPS) is 22.4. The van der Waals surface area contributed by atoms with Gasteiger partial charge in [0.1, 0.15) is 0 Å². The Labute approximate surface area is 83.3 Å². The lowest BCUT2D eigenvalue weighted by atomic mass is 10.4. The minimum Gasteiger partial charge on any atom is -0.370 e. The van der Waals surface area contributed by atoms with Crippen LogP contribution in [0.25, 0.3) is 0 Å². The molecule has 1 unspecified atom stereocenters. The molecule has 0 radical (unpaired) electrons. The summed E-state index contributed by atoms with van der Waals surface area (Å²) in [5.41, 5.74) is 4.89. The second-order valence-electron chi connectivity index (χ2n) is 3.27. The molecule has 1 atom stereocenters. The Morgan fingerprint density at radius 2 is 2.29 bits per heavy atom. The number of hydrogen-bond acceptors (Lipinski definition) is 4. The van der Waals surface area contributed by atoms with Gasteiger partial charge in [0.15, 0.2) is 0 Å². The molecule has 1 saturated heterocycles. The number of carbonyl (C=O) groups is 1. The van der Waals surface area contributed by atoms with E-state index in [1.807, 2.05) is 0 Å². The molecule has 0 saturated carbocycles. The summed E-state index contributed by atoms with van der Waals surface area (Å²) < 4.78 is 25.4. The third-order valence-electron chi connectivity index (χ3n) is 2.13. The van der Waals surface area contributed by atoms with Crippen LogP contribution < -0.4 is 15.8 Å². The predicted octanol–water partition coefficient (Wildman–Crippen LogP) is -1.86. The molecule has 0 aliphatic carbocycles. The Balaban J connectivity index is 2.37. The van der Waals surface area contributed by atoms with E-state index in [1.54, 1.807) is 0 Å². The number of sulfonamides is 1. The lowest BCUT2D eigenvalue weighted by molar-refractivity contribution is -0.117. The van der Waals surface area contributed by atoms with Gasteiger partial charge >= 0.3 is 0 Å². The summed E-state index contributed by atoms with van der Waals surface area (Å²) in [6.45, 7) is 1.29. The van der Waals surface area contributed by atoms with Crippen LogP contribution in [0.15, 0.2) is 0 Å². The van der Waals surface area contributed by atoms with Crippen molar-refractivity contribution in [1.82, 2.24) is 10.0 Å². The molecule has 1 rings (SSSR count). The zero-order valence-corrected chi connectivity index (χ0v) is 8.64. The topological polar surface area (TPSA) is 101 Å². The maximum atomic E-state index is 11.5. The molecular weight excluding hydrogens is 206 g/mol. The number of primary amides is 1. The van der Waals surface area contributed by atoms with Gasteiger partial charge in [-0.1, -0.05) is 0 Å². The fourth-order valence-corrected chi connectivity index (χ4v) is 2.72. The van der Waals surface area contributed by atoms with Crippen molar-refractivity contribution in [2.45, 2.75) is 18.1 Å². The van der Waals surface area contributed by atoms with Gasteiger partial charge in [0.25, 0.3) is 0 Å². The van der Waals surface area contributed by atoms with Crippen LogP contribution in [-0.4, -0.2) is 39.2 Å². The van der Waals surface area contributed by atoms with Gasteiger partial charge in [0, 0.05) is 19.5 Å². The molecule has 6 nitrogen and oxygen atoms in total. The predicted molar refractivity (Wildman–Crippen MR) is 52.0 cm³/mol. The highest BCUT2D eigenvalue weighted by Crippen LogP contribution is 2.07. The summed E-state index contributed by atoms with van der Waals surface area (Å²) in [6.07, 6.45) is 0.658. The first-order valence-electron chi connectivity index (χ1n) is 4.50. The van der Waals surface area contributed by atoms with E-state index in [1.165, 1.54) is 0 Å². The Kier molecular flexibility index (Phi) is 3.85. The summed E-state index contributed by atoms with van der Waals surface area (Å²) in [4.78, 5) is 10.4. The van der Waals surface area contributed by atoms with E-state index < -0.39 is 15.9 Å². The van der Waals surface area contributed by atoms with Crippen molar-refractivity contribution >= 4 is 15.9 Å². The number of rotatable bonds is 5. The summed E-state index contributed by atoms with van der Waals surface area (Å²) >= 11 is 0. The van der Waals surface area contributed by atoms with E-state index in [0.29, 0.717) is 13.0 Å². The zero-order valence-electron chi connectivity index (χ0n) is 7.82. The van der Waals surface area contributed by atoms with E-state index in [4.69, 9.17) is 5.73 Å². The van der Waals surface area contributed by atoms with Gasteiger partial charge in [-0.2, -0.15) is 0 Å². The van der Waals surface area contributed by atoms with E-state index in [2.05, 4.69) is 10.0 Å². The van der Waals surface area contributed by atoms with Crippen LogP contribution in [0.1, 0.15) is 12.8 Å². The van der Waals surface area contributed by atoms with Gasteiger partial charge in [-0.25, -0.2) is 13.1 Å². The van der Waals surface area contributed by atoms with Gasteiger partial charge in [-0.05, 0) is 13.0 Å². The third-order valence-corrected chi connectivity index (χ3v) is 4.02. The number of amides is 1. The maximum absolute atomic E-state index is 11.5. The highest BCUT2D eigenvalue weighted by atomic mass is 32.2. The fourth-order valence-electron chi connectivity index (χ4n) is 1.33. The molecule has 0 bridgehead atoms. The molecular formula is C7H15N3O3S. The van der Waals surface area contributed by atoms with E-state index >= 15 is 0 Å². The van der Waals surface area contributed by atoms with Crippen LogP contribution in [-0.2, 0) is 14.8 Å². The highest BCUT2D eigenvalue weighted by molar-refractivity contribution is 7.90. The van der Waals surface area contributed by atoms with Crippen molar-refractivity contribution < 1.29 is 13.2 Å². The van der Waals surface area contributed by atoms with E-state index in [-0.39, 0.29) is 18.2 Å². The molecule has 14 heavy (non-hydrogen) atoms. The average molecular weight is 221 g/mol. The third kappa shape index (κ3) is 3.24. The first kappa shape index (κ1) is 11.4. The molecule has 7 heteroatoms. The van der Waals surface area contributed by atoms with Gasteiger partial charge in [0.05, 0.1) is 5.25 Å². The first-order chi connectivity index (χ1) is 6.52. The molecule has 4 N–H and O–H groups in total. The van der Waals surface area contributed by atoms with Crippen molar-refractivity contribution in [2.24, 2.45) is 5.73 Å². The lowest BCUT2D eigenvalue weighted by Gasteiger charge is -2.10. The minimum absolute atomic E-state index is 0.0411. The van der Waals surface area contributed by atoms with Crippen molar-refractivity contribution in [2.75, 3.05) is 19.6 Å². The van der Waals surface area contributed by atoms with Gasteiger partial charge in [-0.3, -0.25) is 4.79 Å². The van der Waals surface area contributed by atoms with Gasteiger partial charge in [0.2, 0.25) is 15.9 Å². The minimum atomic E-state index is -3.28. The Morgan fingerprint density at radius 3 is 2.79 bits per heavy atom. The molecule has 1 heterocycles. The Bertz CT molecular complexity index is 295.